The van der Waals surface area contributed by atoms with Crippen molar-refractivity contribution in [3.05, 3.63) is 22.2 Å². The van der Waals surface area contributed by atoms with Crippen molar-refractivity contribution in [2.24, 2.45) is 0 Å². The third-order valence-electron chi connectivity index (χ3n) is 1.76. The molecular formula is C10H13Cl2NOS. The Labute approximate surface area is 104 Å². The molecule has 0 fully saturated rings. The van der Waals surface area contributed by atoms with Gasteiger partial charge >= 0.3 is 0 Å². The molecule has 1 aromatic rings. The van der Waals surface area contributed by atoms with Crippen LogP contribution in [0.5, 0.6) is 0 Å². The van der Waals surface area contributed by atoms with Gasteiger partial charge in [-0.05, 0) is 18.6 Å². The minimum Gasteiger partial charge on any atom is -0.399 e. The summed E-state index contributed by atoms with van der Waals surface area (Å²) in [5.41, 5.74) is 6.20. The number of hydrogen-bond donors (Lipinski definition) is 1. The van der Waals surface area contributed by atoms with Gasteiger partial charge < -0.3 is 10.5 Å². The molecule has 1 rings (SSSR count). The van der Waals surface area contributed by atoms with Gasteiger partial charge in [-0.1, -0.05) is 23.2 Å². The number of methoxy groups -OCH3 is 1. The fourth-order valence-corrected chi connectivity index (χ4v) is 2.79. The topological polar surface area (TPSA) is 35.2 Å². The number of rotatable bonds is 5. The summed E-state index contributed by atoms with van der Waals surface area (Å²) in [6.45, 7) is 0.747. The van der Waals surface area contributed by atoms with Gasteiger partial charge in [-0.25, -0.2) is 0 Å². The van der Waals surface area contributed by atoms with E-state index in [1.807, 2.05) is 0 Å². The van der Waals surface area contributed by atoms with Crippen LogP contribution in [0.15, 0.2) is 17.0 Å². The molecule has 15 heavy (non-hydrogen) atoms. The van der Waals surface area contributed by atoms with Crippen molar-refractivity contribution in [2.45, 2.75) is 11.3 Å². The molecule has 0 saturated heterocycles. The van der Waals surface area contributed by atoms with Crippen molar-refractivity contribution in [1.29, 1.82) is 0 Å². The summed E-state index contributed by atoms with van der Waals surface area (Å²) in [7, 11) is 1.69. The standard InChI is InChI=1S/C10H13Cl2NOS/c1-14-3-2-4-15-10-8(11)5-7(13)6-9(10)12/h5-6H,2-4,13H2,1H3. The van der Waals surface area contributed by atoms with E-state index in [4.69, 9.17) is 33.7 Å². The van der Waals surface area contributed by atoms with Crippen LogP contribution in [0.2, 0.25) is 10.0 Å². The summed E-state index contributed by atoms with van der Waals surface area (Å²) in [5, 5.41) is 1.23. The highest BCUT2D eigenvalue weighted by Gasteiger charge is 2.07. The Morgan fingerprint density at radius 2 is 1.93 bits per heavy atom. The zero-order valence-corrected chi connectivity index (χ0v) is 10.8. The van der Waals surface area contributed by atoms with Crippen LogP contribution in [0, 0.1) is 0 Å². The molecule has 0 amide bonds. The first-order valence-electron chi connectivity index (χ1n) is 4.51. The van der Waals surface area contributed by atoms with Crippen molar-refractivity contribution >= 4 is 40.7 Å². The molecule has 0 spiro atoms. The van der Waals surface area contributed by atoms with Crippen LogP contribution in [0.25, 0.3) is 0 Å². The van der Waals surface area contributed by atoms with Crippen LogP contribution in [0.3, 0.4) is 0 Å². The molecule has 1 aromatic carbocycles. The van der Waals surface area contributed by atoms with E-state index in [-0.39, 0.29) is 0 Å². The smallest absolute Gasteiger partial charge is 0.0577 e. The van der Waals surface area contributed by atoms with E-state index < -0.39 is 0 Å². The van der Waals surface area contributed by atoms with Crippen LogP contribution in [-0.2, 0) is 4.74 Å². The molecule has 84 valence electrons. The summed E-state index contributed by atoms with van der Waals surface area (Å²) in [6.07, 6.45) is 0.970. The summed E-state index contributed by atoms with van der Waals surface area (Å²) < 4.78 is 4.96. The summed E-state index contributed by atoms with van der Waals surface area (Å²) >= 11 is 13.7. The fraction of sp³-hybridized carbons (Fsp3) is 0.400. The third kappa shape index (κ3) is 4.11. The van der Waals surface area contributed by atoms with Gasteiger partial charge in [0.2, 0.25) is 0 Å². The monoisotopic (exact) mass is 265 g/mol. The lowest BCUT2D eigenvalue weighted by atomic mass is 10.3. The zero-order chi connectivity index (χ0) is 11.3. The maximum Gasteiger partial charge on any atom is 0.0577 e. The molecule has 0 heterocycles. The first kappa shape index (κ1) is 13.0. The second-order valence-corrected chi connectivity index (χ2v) is 4.93. The van der Waals surface area contributed by atoms with E-state index in [1.54, 1.807) is 31.0 Å². The number of nitrogen functional groups attached to an aromatic ring is 1. The molecular weight excluding hydrogens is 253 g/mol. The maximum atomic E-state index is 6.03. The van der Waals surface area contributed by atoms with E-state index in [0.717, 1.165) is 23.7 Å². The number of ether oxygens (including phenoxy) is 1. The highest BCUT2D eigenvalue weighted by molar-refractivity contribution is 7.99. The average Bonchev–Trinajstić information content (AvgIpc) is 2.15. The molecule has 0 saturated carbocycles. The average molecular weight is 266 g/mol. The van der Waals surface area contributed by atoms with Crippen LogP contribution in [0.4, 0.5) is 5.69 Å². The van der Waals surface area contributed by atoms with Gasteiger partial charge in [-0.3, -0.25) is 0 Å². The van der Waals surface area contributed by atoms with E-state index in [0.29, 0.717) is 15.7 Å². The SMILES string of the molecule is COCCCSc1c(Cl)cc(N)cc1Cl. The number of nitrogens with two attached hydrogens (primary N) is 1. The molecule has 0 aromatic heterocycles. The van der Waals surface area contributed by atoms with Crippen LogP contribution < -0.4 is 5.73 Å². The molecule has 2 nitrogen and oxygen atoms in total. The number of halogens is 2. The first-order chi connectivity index (χ1) is 7.15. The van der Waals surface area contributed by atoms with Crippen molar-refractivity contribution in [3.8, 4) is 0 Å². The van der Waals surface area contributed by atoms with Gasteiger partial charge in [-0.2, -0.15) is 0 Å². The lowest BCUT2D eigenvalue weighted by Gasteiger charge is -2.07. The summed E-state index contributed by atoms with van der Waals surface area (Å²) in [6, 6.07) is 3.43. The molecule has 0 aliphatic rings. The Hall–Kier alpha value is -0.0900. The lowest BCUT2D eigenvalue weighted by Crippen LogP contribution is -1.91. The van der Waals surface area contributed by atoms with Crippen molar-refractivity contribution in [1.82, 2.24) is 0 Å². The van der Waals surface area contributed by atoms with Gasteiger partial charge in [0, 0.05) is 30.1 Å². The first-order valence-corrected chi connectivity index (χ1v) is 6.25. The lowest BCUT2D eigenvalue weighted by molar-refractivity contribution is 0.200. The summed E-state index contributed by atoms with van der Waals surface area (Å²) in [4.78, 5) is 0.892. The predicted octanol–water partition coefficient (Wildman–Crippen LogP) is 3.70. The molecule has 0 bridgehead atoms. The fourth-order valence-electron chi connectivity index (χ4n) is 1.09. The molecule has 5 heteroatoms. The van der Waals surface area contributed by atoms with Crippen LogP contribution in [0.1, 0.15) is 6.42 Å². The molecule has 0 radical (unpaired) electrons. The highest BCUT2D eigenvalue weighted by atomic mass is 35.5. The Bertz CT molecular complexity index is 310. The quantitative estimate of drug-likeness (QED) is 0.501. The Kier molecular flexibility index (Phi) is 5.61. The zero-order valence-electron chi connectivity index (χ0n) is 8.43. The maximum absolute atomic E-state index is 6.03. The van der Waals surface area contributed by atoms with Gasteiger partial charge in [0.25, 0.3) is 0 Å². The van der Waals surface area contributed by atoms with Crippen LogP contribution in [-0.4, -0.2) is 19.5 Å². The largest absolute Gasteiger partial charge is 0.399 e. The normalized spacial score (nSPS) is 10.6. The Balaban J connectivity index is 2.60. The number of thioether (sulfide) groups is 1. The van der Waals surface area contributed by atoms with Gasteiger partial charge in [-0.15, -0.1) is 11.8 Å². The van der Waals surface area contributed by atoms with E-state index in [2.05, 4.69) is 0 Å². The van der Waals surface area contributed by atoms with Crippen LogP contribution >= 0.6 is 35.0 Å². The van der Waals surface area contributed by atoms with Gasteiger partial charge in [0.05, 0.1) is 10.0 Å². The Morgan fingerprint density at radius 3 is 2.47 bits per heavy atom. The minimum atomic E-state index is 0.589. The molecule has 2 N–H and O–H groups in total. The molecule has 0 unspecified atom stereocenters. The van der Waals surface area contributed by atoms with Gasteiger partial charge in [0.15, 0.2) is 0 Å². The molecule has 0 atom stereocenters. The van der Waals surface area contributed by atoms with Gasteiger partial charge in [0.1, 0.15) is 0 Å². The predicted molar refractivity (Wildman–Crippen MR) is 68.1 cm³/mol. The second kappa shape index (κ2) is 6.48. The Morgan fingerprint density at radius 1 is 1.33 bits per heavy atom. The van der Waals surface area contributed by atoms with E-state index in [9.17, 15) is 0 Å². The van der Waals surface area contributed by atoms with E-state index in [1.165, 1.54) is 0 Å². The van der Waals surface area contributed by atoms with Crippen molar-refractivity contribution < 1.29 is 4.74 Å². The highest BCUT2D eigenvalue weighted by Crippen LogP contribution is 2.36. The molecule has 0 aliphatic carbocycles. The minimum absolute atomic E-state index is 0.589. The van der Waals surface area contributed by atoms with Crippen molar-refractivity contribution in [2.75, 3.05) is 25.2 Å². The van der Waals surface area contributed by atoms with Crippen molar-refractivity contribution in [3.63, 3.8) is 0 Å². The molecule has 0 aliphatic heterocycles. The number of anilines is 1. The summed E-state index contributed by atoms with van der Waals surface area (Å²) in [5.74, 6) is 0.928. The van der Waals surface area contributed by atoms with E-state index >= 15 is 0 Å². The number of benzene rings is 1. The number of hydrogen-bond acceptors (Lipinski definition) is 3. The third-order valence-corrected chi connectivity index (χ3v) is 3.80. The second-order valence-electron chi connectivity index (χ2n) is 3.01.